The number of para-hydroxylation sites is 1. The molecule has 1 atom stereocenters. The highest BCUT2D eigenvalue weighted by Crippen LogP contribution is 2.29. The van der Waals surface area contributed by atoms with Crippen LogP contribution in [0, 0.1) is 5.41 Å². The molecule has 0 aromatic heterocycles. The lowest BCUT2D eigenvalue weighted by atomic mass is 9.88. The second-order valence-corrected chi connectivity index (χ2v) is 7.01. The molecular weight excluding hydrogens is 284 g/mol. The minimum Gasteiger partial charge on any atom is -0.475 e. The molecule has 0 aliphatic carbocycles. The summed E-state index contributed by atoms with van der Waals surface area (Å²) in [4.78, 5) is 4.80. The van der Waals surface area contributed by atoms with Gasteiger partial charge in [0.1, 0.15) is 6.61 Å². The summed E-state index contributed by atoms with van der Waals surface area (Å²) in [6, 6.07) is 18.8. The smallest absolute Gasteiger partial charge is 0.218 e. The van der Waals surface area contributed by atoms with Crippen LogP contribution in [0.25, 0.3) is 0 Å². The second-order valence-electron chi connectivity index (χ2n) is 7.01. The summed E-state index contributed by atoms with van der Waals surface area (Å²) in [6.45, 7) is 8.05. The Bertz CT molecular complexity index is 686. The number of aliphatic imine (C=N–C) groups is 1. The number of nitrogens with zero attached hydrogens (tertiary/aromatic N) is 1. The number of anilines is 1. The number of ether oxygens (including phenoxy) is 1. The normalized spacial score (nSPS) is 17.5. The van der Waals surface area contributed by atoms with E-state index >= 15 is 0 Å². The highest BCUT2D eigenvalue weighted by molar-refractivity contribution is 6.00. The molecular formula is C20H24N2O. The van der Waals surface area contributed by atoms with E-state index in [4.69, 9.17) is 9.73 Å². The van der Waals surface area contributed by atoms with Crippen LogP contribution in [-0.2, 0) is 11.3 Å². The van der Waals surface area contributed by atoms with Crippen LogP contribution in [0.5, 0.6) is 0 Å². The van der Waals surface area contributed by atoms with Crippen molar-refractivity contribution in [2.75, 3.05) is 11.9 Å². The maximum Gasteiger partial charge on any atom is 0.218 e. The molecule has 23 heavy (non-hydrogen) atoms. The van der Waals surface area contributed by atoms with Gasteiger partial charge in [-0.25, -0.2) is 4.99 Å². The number of hydrogen-bond acceptors (Lipinski definition) is 3. The van der Waals surface area contributed by atoms with Crippen LogP contribution in [0.2, 0.25) is 0 Å². The van der Waals surface area contributed by atoms with Gasteiger partial charge in [-0.2, -0.15) is 0 Å². The van der Waals surface area contributed by atoms with Crippen molar-refractivity contribution in [1.29, 1.82) is 0 Å². The third-order valence-corrected chi connectivity index (χ3v) is 4.13. The molecule has 0 spiro atoms. The molecule has 1 aliphatic rings. The lowest BCUT2D eigenvalue weighted by molar-refractivity contribution is 0.236. The predicted molar refractivity (Wildman–Crippen MR) is 95.9 cm³/mol. The molecule has 1 aliphatic heterocycles. The monoisotopic (exact) mass is 308 g/mol. The maximum absolute atomic E-state index is 5.88. The van der Waals surface area contributed by atoms with Crippen LogP contribution in [0.4, 0.5) is 5.69 Å². The van der Waals surface area contributed by atoms with Crippen molar-refractivity contribution < 1.29 is 4.74 Å². The van der Waals surface area contributed by atoms with E-state index < -0.39 is 0 Å². The molecule has 3 rings (SSSR count). The van der Waals surface area contributed by atoms with Gasteiger partial charge in [0.15, 0.2) is 0 Å². The van der Waals surface area contributed by atoms with Gasteiger partial charge in [0, 0.05) is 12.2 Å². The number of rotatable bonds is 4. The van der Waals surface area contributed by atoms with E-state index in [1.165, 1.54) is 5.56 Å². The van der Waals surface area contributed by atoms with Crippen molar-refractivity contribution in [2.24, 2.45) is 10.4 Å². The van der Waals surface area contributed by atoms with Gasteiger partial charge in [0.25, 0.3) is 0 Å². The van der Waals surface area contributed by atoms with Gasteiger partial charge in [0.05, 0.1) is 11.6 Å². The molecule has 0 saturated heterocycles. The number of benzene rings is 2. The Kier molecular flexibility index (Phi) is 4.37. The summed E-state index contributed by atoms with van der Waals surface area (Å²) in [5.74, 6) is 0.751. The summed E-state index contributed by atoms with van der Waals surface area (Å²) in [6.07, 6.45) is 0. The average Bonchev–Trinajstić information content (AvgIpc) is 3.04. The van der Waals surface area contributed by atoms with E-state index in [0.717, 1.165) is 23.7 Å². The summed E-state index contributed by atoms with van der Waals surface area (Å²) in [7, 11) is 0. The molecule has 0 amide bonds. The largest absolute Gasteiger partial charge is 0.475 e. The highest BCUT2D eigenvalue weighted by atomic mass is 16.5. The lowest BCUT2D eigenvalue weighted by Gasteiger charge is -2.21. The molecule has 0 saturated carbocycles. The van der Waals surface area contributed by atoms with Gasteiger partial charge in [0.2, 0.25) is 5.90 Å². The summed E-state index contributed by atoms with van der Waals surface area (Å²) in [5, 5.41) is 3.50. The van der Waals surface area contributed by atoms with Gasteiger partial charge < -0.3 is 10.1 Å². The quantitative estimate of drug-likeness (QED) is 0.903. The van der Waals surface area contributed by atoms with Crippen LogP contribution in [0.1, 0.15) is 31.9 Å². The van der Waals surface area contributed by atoms with Crippen LogP contribution in [0.3, 0.4) is 0 Å². The first kappa shape index (κ1) is 15.6. The van der Waals surface area contributed by atoms with Crippen LogP contribution in [0.15, 0.2) is 59.6 Å². The fourth-order valence-corrected chi connectivity index (χ4v) is 2.58. The van der Waals surface area contributed by atoms with Crippen molar-refractivity contribution in [3.8, 4) is 0 Å². The van der Waals surface area contributed by atoms with Crippen LogP contribution < -0.4 is 5.32 Å². The van der Waals surface area contributed by atoms with Crippen LogP contribution >= 0.6 is 0 Å². The van der Waals surface area contributed by atoms with Gasteiger partial charge in [-0.15, -0.1) is 0 Å². The Morgan fingerprint density at radius 2 is 1.74 bits per heavy atom. The molecule has 3 nitrogen and oxygen atoms in total. The topological polar surface area (TPSA) is 33.6 Å². The van der Waals surface area contributed by atoms with Crippen molar-refractivity contribution in [3.63, 3.8) is 0 Å². The first-order valence-electron chi connectivity index (χ1n) is 8.12. The number of nitrogens with one attached hydrogen (secondary N) is 1. The molecule has 1 N–H and O–H groups in total. The first-order valence-corrected chi connectivity index (χ1v) is 8.12. The fraction of sp³-hybridized carbons (Fsp3) is 0.350. The minimum atomic E-state index is 0.119. The lowest BCUT2D eigenvalue weighted by Crippen LogP contribution is -2.25. The Labute approximate surface area is 138 Å². The van der Waals surface area contributed by atoms with Gasteiger partial charge in [-0.3, -0.25) is 0 Å². The molecule has 2 aromatic rings. The van der Waals surface area contributed by atoms with Crippen molar-refractivity contribution >= 4 is 11.6 Å². The van der Waals surface area contributed by atoms with Crippen molar-refractivity contribution in [2.45, 2.75) is 33.4 Å². The third kappa shape index (κ3) is 3.73. The van der Waals surface area contributed by atoms with E-state index in [0.29, 0.717) is 6.61 Å². The predicted octanol–water partition coefficient (Wildman–Crippen LogP) is 4.49. The van der Waals surface area contributed by atoms with E-state index in [9.17, 15) is 0 Å². The highest BCUT2D eigenvalue weighted by Gasteiger charge is 2.31. The van der Waals surface area contributed by atoms with E-state index in [1.54, 1.807) is 0 Å². The SMILES string of the molecule is CC(C)(C)[C@H]1COC(c2ccccc2NCc2ccccc2)=N1. The molecule has 3 heteroatoms. The Hall–Kier alpha value is -2.29. The Morgan fingerprint density at radius 1 is 1.04 bits per heavy atom. The summed E-state index contributed by atoms with van der Waals surface area (Å²) >= 11 is 0. The third-order valence-electron chi connectivity index (χ3n) is 4.13. The molecule has 1 heterocycles. The summed E-state index contributed by atoms with van der Waals surface area (Å²) in [5.41, 5.74) is 3.47. The molecule has 0 fully saturated rings. The molecule has 0 radical (unpaired) electrons. The minimum absolute atomic E-state index is 0.119. The number of hydrogen-bond donors (Lipinski definition) is 1. The average molecular weight is 308 g/mol. The molecule has 0 bridgehead atoms. The molecule has 2 aromatic carbocycles. The molecule has 0 unspecified atom stereocenters. The zero-order chi connectivity index (χ0) is 16.3. The van der Waals surface area contributed by atoms with E-state index in [1.807, 2.05) is 18.2 Å². The van der Waals surface area contributed by atoms with Gasteiger partial charge in [-0.1, -0.05) is 63.2 Å². The summed E-state index contributed by atoms with van der Waals surface area (Å²) < 4.78 is 5.88. The van der Waals surface area contributed by atoms with Crippen molar-refractivity contribution in [3.05, 3.63) is 65.7 Å². The van der Waals surface area contributed by atoms with E-state index in [-0.39, 0.29) is 11.5 Å². The Balaban J connectivity index is 1.79. The second kappa shape index (κ2) is 6.45. The first-order chi connectivity index (χ1) is 11.0. The van der Waals surface area contributed by atoms with Gasteiger partial charge in [-0.05, 0) is 23.1 Å². The van der Waals surface area contributed by atoms with Crippen molar-refractivity contribution in [1.82, 2.24) is 0 Å². The standard InChI is InChI=1S/C20H24N2O/c1-20(2,3)18-14-23-19(22-18)16-11-7-8-12-17(16)21-13-15-9-5-4-6-10-15/h4-12,18,21H,13-14H2,1-3H3/t18-/m1/s1. The molecule has 120 valence electrons. The Morgan fingerprint density at radius 3 is 2.43 bits per heavy atom. The van der Waals surface area contributed by atoms with Crippen LogP contribution in [-0.4, -0.2) is 18.5 Å². The zero-order valence-corrected chi connectivity index (χ0v) is 14.0. The van der Waals surface area contributed by atoms with Gasteiger partial charge >= 0.3 is 0 Å². The fourth-order valence-electron chi connectivity index (χ4n) is 2.58. The zero-order valence-electron chi connectivity index (χ0n) is 14.0. The maximum atomic E-state index is 5.88. The van der Waals surface area contributed by atoms with E-state index in [2.05, 4.69) is 62.5 Å².